The lowest BCUT2D eigenvalue weighted by Crippen LogP contribution is -2.60. The molecule has 1 aromatic carbocycles. The van der Waals surface area contributed by atoms with Crippen LogP contribution in [-0.2, 0) is 20.7 Å². The van der Waals surface area contributed by atoms with Crippen LogP contribution in [0.1, 0.15) is 12.5 Å². The number of rotatable bonds is 4. The number of halogens is 4. The first kappa shape index (κ1) is 23.9. The van der Waals surface area contributed by atoms with Gasteiger partial charge in [-0.3, -0.25) is 9.69 Å². The molecule has 168 valence electrons. The number of hydrogen-bond acceptors (Lipinski definition) is 5. The van der Waals surface area contributed by atoms with Gasteiger partial charge in [0.15, 0.2) is 11.6 Å². The van der Waals surface area contributed by atoms with E-state index < -0.39 is 18.0 Å². The van der Waals surface area contributed by atoms with Gasteiger partial charge in [-0.2, -0.15) is 13.2 Å². The summed E-state index contributed by atoms with van der Waals surface area (Å²) in [4.78, 5) is 25.6. The number of hydrogen-bond donors (Lipinski definition) is 1. The number of carbonyl (C=O) groups is 2. The van der Waals surface area contributed by atoms with Gasteiger partial charge in [-0.05, 0) is 24.2 Å². The molecule has 1 N–H and O–H groups in total. The van der Waals surface area contributed by atoms with Gasteiger partial charge in [-0.25, -0.2) is 9.18 Å². The van der Waals surface area contributed by atoms with Crippen molar-refractivity contribution in [2.75, 3.05) is 39.8 Å². The van der Waals surface area contributed by atoms with Gasteiger partial charge in [-0.1, -0.05) is 13.0 Å². The van der Waals surface area contributed by atoms with Gasteiger partial charge in [0.2, 0.25) is 5.91 Å². The number of methoxy groups -OCH3 is 1. The van der Waals surface area contributed by atoms with Crippen molar-refractivity contribution >= 4 is 11.9 Å². The number of alkyl halides is 3. The Morgan fingerprint density at radius 3 is 2.20 bits per heavy atom. The average molecular weight is 436 g/mol. The summed E-state index contributed by atoms with van der Waals surface area (Å²) in [6.07, 6.45) is -4.71. The van der Waals surface area contributed by atoms with Crippen LogP contribution in [0.3, 0.4) is 0 Å². The highest BCUT2D eigenvalue weighted by Gasteiger charge is 2.38. The maximum atomic E-state index is 13.7. The summed E-state index contributed by atoms with van der Waals surface area (Å²) in [5, 5.41) is 7.12. The Morgan fingerprint density at radius 1 is 1.20 bits per heavy atom. The third kappa shape index (κ3) is 6.56. The van der Waals surface area contributed by atoms with Crippen molar-refractivity contribution in [1.82, 2.24) is 9.80 Å². The normalized spacial score (nSPS) is 21.5. The van der Waals surface area contributed by atoms with E-state index in [1.807, 2.05) is 4.90 Å². The number of aliphatic carboxylic acids is 1. The lowest BCUT2D eigenvalue weighted by molar-refractivity contribution is -0.192. The van der Waals surface area contributed by atoms with E-state index in [0.717, 1.165) is 19.6 Å². The van der Waals surface area contributed by atoms with Gasteiger partial charge in [0.1, 0.15) is 0 Å². The first-order valence-electron chi connectivity index (χ1n) is 9.31. The number of ether oxygens (including phenoxy) is 2. The number of nitrogens with zero attached hydrogens (tertiary/aromatic N) is 2. The van der Waals surface area contributed by atoms with Crippen molar-refractivity contribution in [2.24, 2.45) is 0 Å². The molecule has 2 unspecified atom stereocenters. The maximum absolute atomic E-state index is 13.7. The highest BCUT2D eigenvalue weighted by atomic mass is 19.4. The Bertz CT molecular complexity index is 745. The summed E-state index contributed by atoms with van der Waals surface area (Å²) in [6.45, 7) is 6.12. The number of likely N-dealkylation sites (N-methyl/N-ethyl adjacent to an activating group) is 1. The van der Waals surface area contributed by atoms with Crippen molar-refractivity contribution in [3.8, 4) is 5.75 Å². The van der Waals surface area contributed by atoms with Crippen LogP contribution in [0.2, 0.25) is 0 Å². The second-order valence-electron chi connectivity index (χ2n) is 6.98. The van der Waals surface area contributed by atoms with E-state index >= 15 is 0 Å². The van der Waals surface area contributed by atoms with Crippen LogP contribution < -0.4 is 4.74 Å². The summed E-state index contributed by atoms with van der Waals surface area (Å²) < 4.78 is 56.3. The minimum atomic E-state index is -5.08. The fourth-order valence-corrected chi connectivity index (χ4v) is 3.34. The molecular formula is C19H24F4N2O5. The van der Waals surface area contributed by atoms with Crippen molar-refractivity contribution in [3.05, 3.63) is 29.6 Å². The van der Waals surface area contributed by atoms with E-state index in [1.165, 1.54) is 13.2 Å². The second-order valence-corrected chi connectivity index (χ2v) is 6.98. The molecule has 0 spiro atoms. The molecule has 2 saturated heterocycles. The Labute approximate surface area is 171 Å². The predicted molar refractivity (Wildman–Crippen MR) is 97.7 cm³/mol. The molecule has 11 heteroatoms. The number of fused-ring (bicyclic) bond motifs is 2. The van der Waals surface area contributed by atoms with Crippen LogP contribution in [0.4, 0.5) is 17.6 Å². The average Bonchev–Trinajstić information content (AvgIpc) is 2.67. The first-order valence-corrected chi connectivity index (χ1v) is 9.31. The van der Waals surface area contributed by atoms with Crippen LogP contribution in [-0.4, -0.2) is 85.0 Å². The molecule has 7 nitrogen and oxygen atoms in total. The molecule has 30 heavy (non-hydrogen) atoms. The number of carbonyl (C=O) groups excluding carboxylic acids is 1. The molecule has 0 radical (unpaired) electrons. The summed E-state index contributed by atoms with van der Waals surface area (Å²) >= 11 is 0. The molecular weight excluding hydrogens is 412 g/mol. The second kappa shape index (κ2) is 10.1. The van der Waals surface area contributed by atoms with Crippen LogP contribution in [0.5, 0.6) is 5.75 Å². The molecule has 2 atom stereocenters. The minimum absolute atomic E-state index is 0.0258. The summed E-state index contributed by atoms with van der Waals surface area (Å²) in [5.41, 5.74) is 0.667. The van der Waals surface area contributed by atoms with Crippen molar-refractivity contribution < 1.29 is 41.7 Å². The lowest BCUT2D eigenvalue weighted by Gasteiger charge is -2.45. The molecule has 1 amide bonds. The largest absolute Gasteiger partial charge is 0.494 e. The standard InChI is InChI=1S/C17H23FN2O3.C2HF3O2/c1-3-19-8-13-10-20(11-14(9-19)23-13)17(21)7-12-4-5-16(22-2)15(18)6-12;3-2(4,5)1(6)7/h4-6,13-14H,3,7-11H2,1-2H3;(H,6,7). The van der Waals surface area contributed by atoms with Crippen LogP contribution in [0, 0.1) is 5.82 Å². The molecule has 2 heterocycles. The van der Waals surface area contributed by atoms with Crippen LogP contribution in [0.25, 0.3) is 0 Å². The Kier molecular flexibility index (Phi) is 8.02. The highest BCUT2D eigenvalue weighted by molar-refractivity contribution is 5.79. The van der Waals surface area contributed by atoms with E-state index in [2.05, 4.69) is 11.8 Å². The van der Waals surface area contributed by atoms with E-state index in [9.17, 15) is 22.4 Å². The molecule has 2 bridgehead atoms. The molecule has 0 aromatic heterocycles. The molecule has 2 aliphatic rings. The number of amides is 1. The zero-order valence-corrected chi connectivity index (χ0v) is 16.6. The maximum Gasteiger partial charge on any atom is 0.490 e. The number of morpholine rings is 2. The number of carboxylic acid groups (broad SMARTS) is 1. The Balaban J connectivity index is 0.000000396. The van der Waals surface area contributed by atoms with Gasteiger partial charge >= 0.3 is 12.1 Å². The van der Waals surface area contributed by atoms with Crippen molar-refractivity contribution in [2.45, 2.75) is 31.7 Å². The van der Waals surface area contributed by atoms with Crippen molar-refractivity contribution in [1.29, 1.82) is 0 Å². The van der Waals surface area contributed by atoms with Gasteiger partial charge in [0.25, 0.3) is 0 Å². The summed E-state index contributed by atoms with van der Waals surface area (Å²) in [6, 6.07) is 4.67. The monoisotopic (exact) mass is 436 g/mol. The molecule has 0 saturated carbocycles. The zero-order valence-electron chi connectivity index (χ0n) is 16.6. The highest BCUT2D eigenvalue weighted by Crippen LogP contribution is 2.21. The fourth-order valence-electron chi connectivity index (χ4n) is 3.34. The summed E-state index contributed by atoms with van der Waals surface area (Å²) in [7, 11) is 1.43. The Morgan fingerprint density at radius 2 is 1.77 bits per heavy atom. The van der Waals surface area contributed by atoms with Crippen molar-refractivity contribution in [3.63, 3.8) is 0 Å². The smallest absolute Gasteiger partial charge is 0.490 e. The fraction of sp³-hybridized carbons (Fsp3) is 0.579. The molecule has 0 aliphatic carbocycles. The predicted octanol–water partition coefficient (Wildman–Crippen LogP) is 1.94. The number of carboxylic acids is 1. The Hall–Kier alpha value is -2.40. The minimum Gasteiger partial charge on any atom is -0.494 e. The summed E-state index contributed by atoms with van der Waals surface area (Å²) in [5.74, 6) is -2.97. The first-order chi connectivity index (χ1) is 14.0. The van der Waals surface area contributed by atoms with Gasteiger partial charge in [0.05, 0.1) is 25.7 Å². The molecule has 3 rings (SSSR count). The zero-order chi connectivity index (χ0) is 22.5. The lowest BCUT2D eigenvalue weighted by atomic mass is 10.1. The third-order valence-electron chi connectivity index (χ3n) is 4.77. The topological polar surface area (TPSA) is 79.3 Å². The van der Waals surface area contributed by atoms with E-state index in [-0.39, 0.29) is 30.3 Å². The molecule has 2 fully saturated rings. The van der Waals surface area contributed by atoms with Gasteiger partial charge < -0.3 is 19.5 Å². The molecule has 1 aromatic rings. The van der Waals surface area contributed by atoms with E-state index in [4.69, 9.17) is 19.4 Å². The quantitative estimate of drug-likeness (QED) is 0.727. The SMILES string of the molecule is CCN1CC2CN(C(=O)Cc3ccc(OC)c(F)c3)CC(C1)O2.O=C(O)C(F)(F)F. The molecule has 2 aliphatic heterocycles. The third-order valence-corrected chi connectivity index (χ3v) is 4.77. The van der Waals surface area contributed by atoms with Gasteiger partial charge in [-0.15, -0.1) is 0 Å². The number of benzene rings is 1. The van der Waals surface area contributed by atoms with Gasteiger partial charge in [0, 0.05) is 26.2 Å². The van der Waals surface area contributed by atoms with E-state index in [0.29, 0.717) is 18.7 Å². The van der Waals surface area contributed by atoms with Crippen LogP contribution in [0.15, 0.2) is 18.2 Å². The van der Waals surface area contributed by atoms with Crippen LogP contribution >= 0.6 is 0 Å². The van der Waals surface area contributed by atoms with E-state index in [1.54, 1.807) is 12.1 Å².